The van der Waals surface area contributed by atoms with Crippen LogP contribution in [0.15, 0.2) is 18.2 Å². The molecule has 0 bridgehead atoms. The summed E-state index contributed by atoms with van der Waals surface area (Å²) in [5.74, 6) is -0.374. The molecule has 1 aromatic rings. The molecule has 24 heavy (non-hydrogen) atoms. The van der Waals surface area contributed by atoms with Crippen molar-refractivity contribution in [1.29, 1.82) is 0 Å². The Morgan fingerprint density at radius 3 is 2.71 bits per heavy atom. The molecule has 0 spiro atoms. The Morgan fingerprint density at radius 2 is 2.04 bits per heavy atom. The lowest BCUT2D eigenvalue weighted by Gasteiger charge is -2.09. The fourth-order valence-corrected chi connectivity index (χ4v) is 2.95. The number of nitrogens with one attached hydrogen (secondary N) is 1. The van der Waals surface area contributed by atoms with Gasteiger partial charge in [-0.1, -0.05) is 37.3 Å². The van der Waals surface area contributed by atoms with E-state index < -0.39 is 23.4 Å². The number of esters is 1. The normalized spacial score (nSPS) is 14.4. The lowest BCUT2D eigenvalue weighted by Crippen LogP contribution is -2.21. The summed E-state index contributed by atoms with van der Waals surface area (Å²) in [6.45, 7) is -0.417. The van der Waals surface area contributed by atoms with Crippen molar-refractivity contribution in [3.05, 3.63) is 33.3 Å². The first kappa shape index (κ1) is 18.2. The number of halogens is 1. The fourth-order valence-electron chi connectivity index (χ4n) is 2.77. The minimum absolute atomic E-state index is 0.0173. The van der Waals surface area contributed by atoms with Gasteiger partial charge in [-0.2, -0.15) is 0 Å². The zero-order valence-corrected chi connectivity index (χ0v) is 13.9. The van der Waals surface area contributed by atoms with Gasteiger partial charge in [-0.25, -0.2) is 0 Å². The predicted molar refractivity (Wildman–Crippen MR) is 88.9 cm³/mol. The summed E-state index contributed by atoms with van der Waals surface area (Å²) < 4.78 is 4.93. The van der Waals surface area contributed by atoms with Crippen LogP contribution in [0.1, 0.15) is 38.5 Å². The molecule has 0 atom stereocenters. The van der Waals surface area contributed by atoms with Crippen molar-refractivity contribution in [3.63, 3.8) is 0 Å². The van der Waals surface area contributed by atoms with Crippen LogP contribution in [0.2, 0.25) is 5.02 Å². The van der Waals surface area contributed by atoms with E-state index in [1.165, 1.54) is 25.0 Å². The Bertz CT molecular complexity index is 629. The van der Waals surface area contributed by atoms with Gasteiger partial charge >= 0.3 is 5.97 Å². The first-order chi connectivity index (χ1) is 11.5. The molecule has 1 aromatic carbocycles. The van der Waals surface area contributed by atoms with Crippen molar-refractivity contribution in [3.8, 4) is 0 Å². The molecule has 8 heteroatoms. The van der Waals surface area contributed by atoms with Gasteiger partial charge in [0.2, 0.25) is 0 Å². The molecular formula is C16H19ClN2O5. The van der Waals surface area contributed by atoms with E-state index >= 15 is 0 Å². The van der Waals surface area contributed by atoms with Crippen molar-refractivity contribution in [2.24, 2.45) is 5.92 Å². The SMILES string of the molecule is O=C(COC(=O)CCC1CCCC1)Nc1ccc(Cl)c([N+](=O)[O-])c1. The first-order valence-electron chi connectivity index (χ1n) is 7.85. The van der Waals surface area contributed by atoms with Crippen LogP contribution < -0.4 is 5.32 Å². The van der Waals surface area contributed by atoms with Crippen LogP contribution in [0.25, 0.3) is 0 Å². The van der Waals surface area contributed by atoms with Gasteiger partial charge in [0.25, 0.3) is 11.6 Å². The number of nitro benzene ring substituents is 1. The van der Waals surface area contributed by atoms with E-state index in [4.69, 9.17) is 16.3 Å². The van der Waals surface area contributed by atoms with E-state index in [0.717, 1.165) is 25.3 Å². The highest BCUT2D eigenvalue weighted by Crippen LogP contribution is 2.29. The molecule has 0 saturated heterocycles. The van der Waals surface area contributed by atoms with Crippen LogP contribution in [0.3, 0.4) is 0 Å². The minimum atomic E-state index is -0.638. The van der Waals surface area contributed by atoms with Crippen molar-refractivity contribution in [2.75, 3.05) is 11.9 Å². The molecule has 7 nitrogen and oxygen atoms in total. The van der Waals surface area contributed by atoms with Gasteiger partial charge in [0.15, 0.2) is 6.61 Å². The topological polar surface area (TPSA) is 98.5 Å². The molecule has 1 aliphatic rings. The van der Waals surface area contributed by atoms with Gasteiger partial charge in [0, 0.05) is 18.2 Å². The molecular weight excluding hydrogens is 336 g/mol. The lowest BCUT2D eigenvalue weighted by atomic mass is 10.0. The first-order valence-corrected chi connectivity index (χ1v) is 8.23. The van der Waals surface area contributed by atoms with E-state index in [2.05, 4.69) is 5.32 Å². The van der Waals surface area contributed by atoms with Crippen LogP contribution in [0.4, 0.5) is 11.4 Å². The predicted octanol–water partition coefficient (Wildman–Crippen LogP) is 3.70. The number of hydrogen-bond acceptors (Lipinski definition) is 5. The maximum absolute atomic E-state index is 11.8. The Balaban J connectivity index is 1.75. The molecule has 1 N–H and O–H groups in total. The highest BCUT2D eigenvalue weighted by atomic mass is 35.5. The zero-order valence-electron chi connectivity index (χ0n) is 13.1. The second-order valence-electron chi connectivity index (χ2n) is 5.82. The quantitative estimate of drug-likeness (QED) is 0.457. The summed E-state index contributed by atoms with van der Waals surface area (Å²) in [6, 6.07) is 3.92. The molecule has 2 rings (SSSR count). The molecule has 130 valence electrons. The van der Waals surface area contributed by atoms with Crippen LogP contribution in [0.5, 0.6) is 0 Å². The van der Waals surface area contributed by atoms with Crippen molar-refractivity contribution in [2.45, 2.75) is 38.5 Å². The number of carbonyl (C=O) groups excluding carboxylic acids is 2. The average molecular weight is 355 g/mol. The van der Waals surface area contributed by atoms with Gasteiger partial charge in [-0.15, -0.1) is 0 Å². The molecule has 0 heterocycles. The number of hydrogen-bond donors (Lipinski definition) is 1. The van der Waals surface area contributed by atoms with Crippen molar-refractivity contribution in [1.82, 2.24) is 0 Å². The summed E-state index contributed by atoms with van der Waals surface area (Å²) in [4.78, 5) is 33.5. The number of nitrogens with zero attached hydrogens (tertiary/aromatic N) is 1. The summed E-state index contributed by atoms with van der Waals surface area (Å²) in [5, 5.41) is 13.2. The summed E-state index contributed by atoms with van der Waals surface area (Å²) in [5.41, 5.74) is -0.0823. The van der Waals surface area contributed by atoms with Gasteiger partial charge < -0.3 is 10.1 Å². The molecule has 0 aliphatic heterocycles. The number of rotatable bonds is 7. The Morgan fingerprint density at radius 1 is 1.33 bits per heavy atom. The van der Waals surface area contributed by atoms with Crippen molar-refractivity contribution >= 4 is 34.9 Å². The third kappa shape index (κ3) is 5.49. The number of carbonyl (C=O) groups is 2. The molecule has 0 unspecified atom stereocenters. The average Bonchev–Trinajstić information content (AvgIpc) is 3.06. The van der Waals surface area contributed by atoms with E-state index in [-0.39, 0.29) is 16.4 Å². The molecule has 1 amide bonds. The molecule has 0 aromatic heterocycles. The Hall–Kier alpha value is -2.15. The van der Waals surface area contributed by atoms with Crippen LogP contribution in [-0.2, 0) is 14.3 Å². The van der Waals surface area contributed by atoms with E-state index in [9.17, 15) is 19.7 Å². The fraction of sp³-hybridized carbons (Fsp3) is 0.500. The molecule has 1 aliphatic carbocycles. The van der Waals surface area contributed by atoms with E-state index in [0.29, 0.717) is 12.3 Å². The highest BCUT2D eigenvalue weighted by molar-refractivity contribution is 6.32. The molecule has 1 saturated carbocycles. The van der Waals surface area contributed by atoms with Crippen LogP contribution >= 0.6 is 11.6 Å². The number of ether oxygens (including phenoxy) is 1. The summed E-state index contributed by atoms with van der Waals surface area (Å²) in [6.07, 6.45) is 5.85. The zero-order chi connectivity index (χ0) is 17.5. The smallest absolute Gasteiger partial charge is 0.306 e. The van der Waals surface area contributed by atoms with E-state index in [1.807, 2.05) is 0 Å². The highest BCUT2D eigenvalue weighted by Gasteiger charge is 2.18. The second kappa shape index (κ2) is 8.63. The third-order valence-corrected chi connectivity index (χ3v) is 4.34. The van der Waals surface area contributed by atoms with Crippen molar-refractivity contribution < 1.29 is 19.2 Å². The van der Waals surface area contributed by atoms with Gasteiger partial charge in [0.05, 0.1) is 4.92 Å². The number of amides is 1. The van der Waals surface area contributed by atoms with E-state index in [1.54, 1.807) is 0 Å². The Kier molecular flexibility index (Phi) is 6.54. The van der Waals surface area contributed by atoms with Gasteiger partial charge in [0.1, 0.15) is 5.02 Å². The second-order valence-corrected chi connectivity index (χ2v) is 6.23. The lowest BCUT2D eigenvalue weighted by molar-refractivity contribution is -0.384. The number of anilines is 1. The monoisotopic (exact) mass is 354 g/mol. The number of nitro groups is 1. The maximum Gasteiger partial charge on any atom is 0.306 e. The molecule has 1 fully saturated rings. The van der Waals surface area contributed by atoms with Gasteiger partial charge in [-0.3, -0.25) is 19.7 Å². The summed E-state index contributed by atoms with van der Waals surface area (Å²) >= 11 is 5.70. The molecule has 0 radical (unpaired) electrons. The standard InChI is InChI=1S/C16H19ClN2O5/c17-13-7-6-12(9-14(13)19(22)23)18-15(20)10-24-16(21)8-5-11-3-1-2-4-11/h6-7,9,11H,1-5,8,10H2,(H,18,20). The number of benzene rings is 1. The maximum atomic E-state index is 11.8. The van der Waals surface area contributed by atoms with Crippen LogP contribution in [0, 0.1) is 16.0 Å². The van der Waals surface area contributed by atoms with Crippen LogP contribution in [-0.4, -0.2) is 23.4 Å². The minimum Gasteiger partial charge on any atom is -0.456 e. The van der Waals surface area contributed by atoms with Gasteiger partial charge in [-0.05, 0) is 24.5 Å². The third-order valence-electron chi connectivity index (χ3n) is 4.02. The Labute approximate surface area is 144 Å². The largest absolute Gasteiger partial charge is 0.456 e. The summed E-state index contributed by atoms with van der Waals surface area (Å²) in [7, 11) is 0.